The van der Waals surface area contributed by atoms with Gasteiger partial charge in [-0.25, -0.2) is 9.59 Å². The second-order valence-electron chi connectivity index (χ2n) is 6.07. The van der Waals surface area contributed by atoms with Gasteiger partial charge in [0.2, 0.25) is 0 Å². The third-order valence-electron chi connectivity index (χ3n) is 2.33. The smallest absolute Gasteiger partial charge is 0.331 e. The molecule has 0 aromatic carbocycles. The van der Waals surface area contributed by atoms with E-state index in [1.54, 1.807) is 0 Å². The Kier molecular flexibility index (Phi) is 6.65. The molecule has 0 rings (SSSR count). The Bertz CT molecular complexity index is 315. The average Bonchev–Trinajstić information content (AvgIpc) is 2.13. The van der Waals surface area contributed by atoms with Crippen molar-refractivity contribution in [2.75, 3.05) is 0 Å². The summed E-state index contributed by atoms with van der Waals surface area (Å²) in [6.07, 6.45) is 0. The molecule has 0 heterocycles. The first kappa shape index (κ1) is 18.8. The predicted molar refractivity (Wildman–Crippen MR) is 72.5 cm³/mol. The van der Waals surface area contributed by atoms with Crippen molar-refractivity contribution in [3.05, 3.63) is 24.3 Å². The second kappa shape index (κ2) is 6.38. The van der Waals surface area contributed by atoms with Gasteiger partial charge in [-0.15, -0.1) is 0 Å². The van der Waals surface area contributed by atoms with E-state index in [0.29, 0.717) is 0 Å². The van der Waals surface area contributed by atoms with Gasteiger partial charge in [-0.3, -0.25) is 0 Å². The molecule has 0 spiro atoms. The van der Waals surface area contributed by atoms with E-state index in [9.17, 15) is 9.59 Å². The molecule has 2 N–H and O–H groups in total. The van der Waals surface area contributed by atoms with Crippen molar-refractivity contribution in [1.82, 2.24) is 0 Å². The number of carboxylic acid groups (broad SMARTS) is 2. The fourth-order valence-electron chi connectivity index (χ4n) is 0.642. The van der Waals surface area contributed by atoms with Crippen molar-refractivity contribution in [3.8, 4) is 0 Å². The molecule has 4 heteroatoms. The molecule has 104 valence electrons. The van der Waals surface area contributed by atoms with Gasteiger partial charge in [-0.05, 0) is 10.8 Å². The summed E-state index contributed by atoms with van der Waals surface area (Å²) in [6, 6.07) is 0. The minimum atomic E-state index is -0.914. The predicted octanol–water partition coefficient (Wildman–Crippen LogP) is 3.35. The van der Waals surface area contributed by atoms with Gasteiger partial charge in [0.05, 0.1) is 0 Å². The summed E-state index contributed by atoms with van der Waals surface area (Å²) in [5.41, 5.74) is -0.123. The van der Waals surface area contributed by atoms with Crippen LogP contribution in [0.3, 0.4) is 0 Å². The second-order valence-corrected chi connectivity index (χ2v) is 6.07. The Balaban J connectivity index is 0. The molecular formula is C14H24O4. The fourth-order valence-corrected chi connectivity index (χ4v) is 0.642. The maximum Gasteiger partial charge on any atom is 0.331 e. The van der Waals surface area contributed by atoms with Crippen LogP contribution in [0.25, 0.3) is 0 Å². The van der Waals surface area contributed by atoms with Crippen molar-refractivity contribution in [2.24, 2.45) is 10.8 Å². The molecule has 0 aliphatic rings. The number of rotatable bonds is 2. The quantitative estimate of drug-likeness (QED) is 0.743. The molecule has 0 aromatic rings. The van der Waals surface area contributed by atoms with Gasteiger partial charge < -0.3 is 10.2 Å². The molecule has 0 atom stereocenters. The van der Waals surface area contributed by atoms with E-state index in [1.165, 1.54) is 0 Å². The number of hydrogen-bond donors (Lipinski definition) is 2. The monoisotopic (exact) mass is 256 g/mol. The minimum absolute atomic E-state index is 0.252. The largest absolute Gasteiger partial charge is 0.478 e. The summed E-state index contributed by atoms with van der Waals surface area (Å²) in [4.78, 5) is 20.5. The Labute approximate surface area is 109 Å². The Morgan fingerprint density at radius 2 is 0.889 bits per heavy atom. The first-order valence-electron chi connectivity index (χ1n) is 5.56. The maximum absolute atomic E-state index is 10.2. The normalized spacial score (nSPS) is 11.0. The lowest BCUT2D eigenvalue weighted by Gasteiger charge is -2.17. The average molecular weight is 256 g/mol. The zero-order valence-electron chi connectivity index (χ0n) is 12.1. The van der Waals surface area contributed by atoms with E-state index in [-0.39, 0.29) is 22.0 Å². The topological polar surface area (TPSA) is 74.6 Å². The van der Waals surface area contributed by atoms with E-state index >= 15 is 0 Å². The third kappa shape index (κ3) is 7.65. The lowest BCUT2D eigenvalue weighted by atomic mass is 9.88. The first-order valence-corrected chi connectivity index (χ1v) is 5.56. The van der Waals surface area contributed by atoms with Crippen molar-refractivity contribution in [1.29, 1.82) is 0 Å². The van der Waals surface area contributed by atoms with Crippen molar-refractivity contribution >= 4 is 11.9 Å². The van der Waals surface area contributed by atoms with E-state index < -0.39 is 11.9 Å². The van der Waals surface area contributed by atoms with E-state index in [0.717, 1.165) is 0 Å². The molecular weight excluding hydrogens is 232 g/mol. The highest BCUT2D eigenvalue weighted by atomic mass is 16.4. The van der Waals surface area contributed by atoms with Gasteiger partial charge in [0.1, 0.15) is 0 Å². The first-order chi connectivity index (χ1) is 7.71. The van der Waals surface area contributed by atoms with Crippen molar-refractivity contribution in [2.45, 2.75) is 41.5 Å². The Hall–Kier alpha value is -1.58. The lowest BCUT2D eigenvalue weighted by Crippen LogP contribution is -2.15. The van der Waals surface area contributed by atoms with Crippen molar-refractivity contribution in [3.63, 3.8) is 0 Å². The van der Waals surface area contributed by atoms with Crippen LogP contribution in [-0.2, 0) is 9.59 Å². The zero-order chi connectivity index (χ0) is 15.3. The molecule has 4 nitrogen and oxygen atoms in total. The summed E-state index contributed by atoms with van der Waals surface area (Å²) in [5, 5.41) is 16.8. The standard InChI is InChI=1S/2C7H12O2/c2*1-5(6(8)9)7(2,3)4/h2*1H2,2-4H3,(H,8,9). The van der Waals surface area contributed by atoms with Gasteiger partial charge in [0.15, 0.2) is 0 Å². The molecule has 0 saturated carbocycles. The van der Waals surface area contributed by atoms with Crippen LogP contribution in [0.5, 0.6) is 0 Å². The van der Waals surface area contributed by atoms with Gasteiger partial charge in [-0.1, -0.05) is 54.7 Å². The molecule has 0 saturated heterocycles. The lowest BCUT2D eigenvalue weighted by molar-refractivity contribution is -0.134. The van der Waals surface area contributed by atoms with E-state index in [1.807, 2.05) is 41.5 Å². The van der Waals surface area contributed by atoms with Crippen LogP contribution in [0.1, 0.15) is 41.5 Å². The van der Waals surface area contributed by atoms with Crippen LogP contribution in [0.4, 0.5) is 0 Å². The highest BCUT2D eigenvalue weighted by molar-refractivity contribution is 5.87. The molecule has 0 bridgehead atoms. The Morgan fingerprint density at radius 3 is 0.889 bits per heavy atom. The van der Waals surface area contributed by atoms with Crippen LogP contribution in [0.15, 0.2) is 24.3 Å². The van der Waals surface area contributed by atoms with Crippen molar-refractivity contribution < 1.29 is 19.8 Å². The molecule has 0 fully saturated rings. The van der Waals surface area contributed by atoms with Gasteiger partial charge in [0.25, 0.3) is 0 Å². The van der Waals surface area contributed by atoms with Crippen LogP contribution >= 0.6 is 0 Å². The number of carboxylic acids is 2. The van der Waals surface area contributed by atoms with Crippen LogP contribution in [0, 0.1) is 10.8 Å². The summed E-state index contributed by atoms with van der Waals surface area (Å²) >= 11 is 0. The van der Waals surface area contributed by atoms with E-state index in [4.69, 9.17) is 10.2 Å². The van der Waals surface area contributed by atoms with Gasteiger partial charge in [0, 0.05) is 11.1 Å². The molecule has 18 heavy (non-hydrogen) atoms. The zero-order valence-corrected chi connectivity index (χ0v) is 12.1. The van der Waals surface area contributed by atoms with Crippen LogP contribution in [-0.4, -0.2) is 22.2 Å². The minimum Gasteiger partial charge on any atom is -0.478 e. The number of hydrogen-bond acceptors (Lipinski definition) is 2. The summed E-state index contributed by atoms with van der Waals surface area (Å²) < 4.78 is 0. The highest BCUT2D eigenvalue weighted by Gasteiger charge is 2.20. The SMILES string of the molecule is C=C(C(=O)O)C(C)(C)C.C=C(C(=O)O)C(C)(C)C. The fraction of sp³-hybridized carbons (Fsp3) is 0.571. The van der Waals surface area contributed by atoms with E-state index in [2.05, 4.69) is 13.2 Å². The summed E-state index contributed by atoms with van der Waals surface area (Å²) in [7, 11) is 0. The third-order valence-corrected chi connectivity index (χ3v) is 2.33. The maximum atomic E-state index is 10.2. The molecule has 0 radical (unpaired) electrons. The molecule has 0 unspecified atom stereocenters. The highest BCUT2D eigenvalue weighted by Crippen LogP contribution is 2.23. The van der Waals surface area contributed by atoms with Crippen LogP contribution in [0.2, 0.25) is 0 Å². The molecule has 0 aromatic heterocycles. The summed E-state index contributed by atoms with van der Waals surface area (Å²) in [6.45, 7) is 17.8. The van der Waals surface area contributed by atoms with Crippen LogP contribution < -0.4 is 0 Å². The Morgan fingerprint density at radius 1 is 0.722 bits per heavy atom. The molecule has 0 aliphatic heterocycles. The van der Waals surface area contributed by atoms with Gasteiger partial charge in [-0.2, -0.15) is 0 Å². The van der Waals surface area contributed by atoms with Gasteiger partial charge >= 0.3 is 11.9 Å². The number of aliphatic carboxylic acids is 2. The molecule has 0 amide bonds. The molecule has 0 aliphatic carbocycles. The number of carbonyl (C=O) groups is 2. The summed E-state index contributed by atoms with van der Waals surface area (Å²) in [5.74, 6) is -1.83.